The van der Waals surface area contributed by atoms with Crippen molar-refractivity contribution in [3.8, 4) is 0 Å². The molecule has 7 heteroatoms. The Morgan fingerprint density at radius 3 is 2.50 bits per heavy atom. The molecule has 0 saturated carbocycles. The highest BCUT2D eigenvalue weighted by Gasteiger charge is 2.33. The molecule has 1 aromatic heterocycles. The monoisotopic (exact) mass is 334 g/mol. The van der Waals surface area contributed by atoms with Crippen LogP contribution < -0.4 is 5.32 Å². The number of hydrogen-bond acceptors (Lipinski definition) is 5. The molecule has 0 fully saturated rings. The summed E-state index contributed by atoms with van der Waals surface area (Å²) >= 11 is 4.55. The summed E-state index contributed by atoms with van der Waals surface area (Å²) in [4.78, 5) is 27.0. The number of rotatable bonds is 3. The molecule has 0 aliphatic carbocycles. The highest BCUT2D eigenvalue weighted by Crippen LogP contribution is 2.27. The summed E-state index contributed by atoms with van der Waals surface area (Å²) in [6, 6.07) is 0. The van der Waals surface area contributed by atoms with Gasteiger partial charge in [0.2, 0.25) is 0 Å². The second kappa shape index (κ2) is 5.36. The van der Waals surface area contributed by atoms with Gasteiger partial charge in [0.05, 0.1) is 9.98 Å². The van der Waals surface area contributed by atoms with E-state index >= 15 is 0 Å². The van der Waals surface area contributed by atoms with Gasteiger partial charge in [-0.25, -0.2) is 9.78 Å². The zero-order valence-corrected chi connectivity index (χ0v) is 13.0. The first-order valence-corrected chi connectivity index (χ1v) is 6.86. The van der Waals surface area contributed by atoms with E-state index in [1.54, 1.807) is 33.9 Å². The molecular formula is C11H15BrN2O3S. The van der Waals surface area contributed by atoms with E-state index in [1.807, 2.05) is 0 Å². The Balaban J connectivity index is 2.84. The van der Waals surface area contributed by atoms with Crippen LogP contribution in [0.1, 0.15) is 32.7 Å². The molecule has 1 heterocycles. The molecule has 1 atom stereocenters. The van der Waals surface area contributed by atoms with Gasteiger partial charge in [-0.15, -0.1) is 11.3 Å². The maximum absolute atomic E-state index is 11.7. The highest BCUT2D eigenvalue weighted by molar-refractivity contribution is 9.11. The average Bonchev–Trinajstić information content (AvgIpc) is 2.62. The van der Waals surface area contributed by atoms with Crippen molar-refractivity contribution in [1.82, 2.24) is 10.3 Å². The van der Waals surface area contributed by atoms with E-state index in [2.05, 4.69) is 26.2 Å². The summed E-state index contributed by atoms with van der Waals surface area (Å²) in [5.41, 5.74) is -1.80. The normalized spacial score (nSPS) is 14.7. The Morgan fingerprint density at radius 2 is 2.11 bits per heavy atom. The number of aldehydes is 1. The van der Waals surface area contributed by atoms with E-state index in [9.17, 15) is 9.59 Å². The number of nitrogens with one attached hydrogen (secondary N) is 1. The van der Waals surface area contributed by atoms with Gasteiger partial charge in [0, 0.05) is 0 Å². The predicted molar refractivity (Wildman–Crippen MR) is 72.6 cm³/mol. The van der Waals surface area contributed by atoms with Crippen LogP contribution in [0.15, 0.2) is 9.98 Å². The first-order valence-electron chi connectivity index (χ1n) is 5.25. The largest absolute Gasteiger partial charge is 0.444 e. The molecule has 0 spiro atoms. The van der Waals surface area contributed by atoms with E-state index in [0.29, 0.717) is 11.3 Å². The number of halogens is 1. The van der Waals surface area contributed by atoms with Gasteiger partial charge in [0.15, 0.2) is 6.29 Å². The fourth-order valence-corrected chi connectivity index (χ4v) is 2.41. The van der Waals surface area contributed by atoms with Gasteiger partial charge in [0.1, 0.15) is 16.1 Å². The fourth-order valence-electron chi connectivity index (χ4n) is 1.14. The number of thiazole rings is 1. The molecule has 18 heavy (non-hydrogen) atoms. The third kappa shape index (κ3) is 4.06. The summed E-state index contributed by atoms with van der Waals surface area (Å²) in [5.74, 6) is 0. The molecule has 0 aliphatic rings. The molecule has 0 saturated heterocycles. The van der Waals surface area contributed by atoms with Gasteiger partial charge >= 0.3 is 6.09 Å². The van der Waals surface area contributed by atoms with Crippen molar-refractivity contribution in [2.75, 3.05) is 0 Å². The van der Waals surface area contributed by atoms with Crippen LogP contribution in [0, 0.1) is 0 Å². The lowest BCUT2D eigenvalue weighted by molar-refractivity contribution is -0.113. The fraction of sp³-hybridized carbons (Fsp3) is 0.545. The van der Waals surface area contributed by atoms with Crippen molar-refractivity contribution in [2.45, 2.75) is 38.8 Å². The average molecular weight is 335 g/mol. The predicted octanol–water partition coefficient (Wildman–Crippen LogP) is 2.84. The quantitative estimate of drug-likeness (QED) is 0.863. The third-order valence-electron chi connectivity index (χ3n) is 1.92. The van der Waals surface area contributed by atoms with Crippen LogP contribution in [-0.2, 0) is 15.1 Å². The van der Waals surface area contributed by atoms with Gasteiger partial charge in [-0.3, -0.25) is 0 Å². The maximum atomic E-state index is 11.7. The van der Waals surface area contributed by atoms with E-state index in [1.165, 1.54) is 11.3 Å². The van der Waals surface area contributed by atoms with E-state index in [0.717, 1.165) is 3.79 Å². The van der Waals surface area contributed by atoms with Gasteiger partial charge in [-0.1, -0.05) is 0 Å². The van der Waals surface area contributed by atoms with Gasteiger partial charge < -0.3 is 14.8 Å². The van der Waals surface area contributed by atoms with Crippen molar-refractivity contribution in [1.29, 1.82) is 0 Å². The molecule has 0 radical (unpaired) electrons. The van der Waals surface area contributed by atoms with Crippen molar-refractivity contribution in [3.05, 3.63) is 15.0 Å². The van der Waals surface area contributed by atoms with E-state index < -0.39 is 17.2 Å². The number of nitrogens with zero attached hydrogens (tertiary/aromatic N) is 1. The molecule has 1 N–H and O–H groups in total. The van der Waals surface area contributed by atoms with Crippen LogP contribution in [0.25, 0.3) is 0 Å². The Labute approximate surface area is 118 Å². The maximum Gasteiger partial charge on any atom is 0.408 e. The number of hydrogen-bond donors (Lipinski definition) is 1. The summed E-state index contributed by atoms with van der Waals surface area (Å²) < 4.78 is 5.91. The molecule has 1 aromatic rings. The number of carbonyl (C=O) groups excluding carboxylic acids is 2. The summed E-state index contributed by atoms with van der Waals surface area (Å²) in [7, 11) is 0. The number of carbonyl (C=O) groups is 2. The summed E-state index contributed by atoms with van der Waals surface area (Å²) in [6.45, 7) is 6.84. The summed E-state index contributed by atoms with van der Waals surface area (Å²) in [6.07, 6.45) is 1.57. The molecule has 0 aliphatic heterocycles. The molecule has 1 rings (SSSR count). The minimum atomic E-state index is -1.18. The van der Waals surface area contributed by atoms with Crippen molar-refractivity contribution < 1.29 is 14.3 Å². The number of alkyl carbamates (subject to hydrolysis) is 1. The molecule has 0 aromatic carbocycles. The van der Waals surface area contributed by atoms with Gasteiger partial charge in [0.25, 0.3) is 0 Å². The van der Waals surface area contributed by atoms with Crippen LogP contribution in [0.4, 0.5) is 4.79 Å². The molecule has 5 nitrogen and oxygen atoms in total. The Morgan fingerprint density at radius 1 is 1.50 bits per heavy atom. The molecule has 100 valence electrons. The topological polar surface area (TPSA) is 68.3 Å². The molecule has 1 amide bonds. The lowest BCUT2D eigenvalue weighted by atomic mass is 10.1. The van der Waals surface area contributed by atoms with E-state index in [4.69, 9.17) is 4.74 Å². The third-order valence-corrected chi connectivity index (χ3v) is 3.63. The first kappa shape index (κ1) is 15.1. The van der Waals surface area contributed by atoms with Crippen molar-refractivity contribution >= 4 is 39.6 Å². The second-order valence-corrected chi connectivity index (χ2v) is 7.33. The van der Waals surface area contributed by atoms with Crippen LogP contribution in [0.2, 0.25) is 0 Å². The van der Waals surface area contributed by atoms with Crippen molar-refractivity contribution in [2.24, 2.45) is 0 Å². The first-order chi connectivity index (χ1) is 8.16. The minimum absolute atomic E-state index is 0.496. The van der Waals surface area contributed by atoms with Crippen LogP contribution in [0.5, 0.6) is 0 Å². The number of aromatic nitrogens is 1. The SMILES string of the molecule is CC(C)(C)OC(=O)NC(C)(C=O)c1ncc(Br)s1. The second-order valence-electron chi connectivity index (χ2n) is 4.92. The summed E-state index contributed by atoms with van der Waals surface area (Å²) in [5, 5.41) is 3.02. The number of ether oxygens (including phenoxy) is 1. The lowest BCUT2D eigenvalue weighted by Crippen LogP contribution is -2.46. The smallest absolute Gasteiger partial charge is 0.408 e. The Kier molecular flexibility index (Phi) is 4.50. The lowest BCUT2D eigenvalue weighted by Gasteiger charge is -2.25. The van der Waals surface area contributed by atoms with Crippen LogP contribution >= 0.6 is 27.3 Å². The van der Waals surface area contributed by atoms with Crippen LogP contribution in [-0.4, -0.2) is 23.0 Å². The highest BCUT2D eigenvalue weighted by atomic mass is 79.9. The molecular weight excluding hydrogens is 320 g/mol. The van der Waals surface area contributed by atoms with Gasteiger partial charge in [-0.2, -0.15) is 0 Å². The Bertz CT molecular complexity index is 455. The van der Waals surface area contributed by atoms with E-state index in [-0.39, 0.29) is 0 Å². The standard InChI is InChI=1S/C11H15BrN2O3S/c1-10(2,3)17-9(16)14-11(4,6-15)8-13-5-7(12)18-8/h5-6H,1-4H3,(H,14,16). The molecule has 1 unspecified atom stereocenters. The Hall–Kier alpha value is -0.950. The number of amides is 1. The van der Waals surface area contributed by atoms with Crippen LogP contribution in [0.3, 0.4) is 0 Å². The van der Waals surface area contributed by atoms with Crippen molar-refractivity contribution in [3.63, 3.8) is 0 Å². The molecule has 0 bridgehead atoms. The minimum Gasteiger partial charge on any atom is -0.444 e. The van der Waals surface area contributed by atoms with Gasteiger partial charge in [-0.05, 0) is 43.6 Å². The zero-order valence-electron chi connectivity index (χ0n) is 10.6. The zero-order chi connectivity index (χ0) is 14.0.